The molecular weight excluding hydrogens is 316 g/mol. The highest BCUT2D eigenvalue weighted by Gasteiger charge is 2.25. The van der Waals surface area contributed by atoms with Gasteiger partial charge in [0, 0.05) is 31.0 Å². The van der Waals surface area contributed by atoms with Crippen LogP contribution >= 0.6 is 0 Å². The summed E-state index contributed by atoms with van der Waals surface area (Å²) in [6, 6.07) is 9.55. The molecule has 0 unspecified atom stereocenters. The fourth-order valence-corrected chi connectivity index (χ4v) is 3.63. The van der Waals surface area contributed by atoms with E-state index < -0.39 is 0 Å². The smallest absolute Gasteiger partial charge is 0.254 e. The van der Waals surface area contributed by atoms with Crippen LogP contribution in [-0.2, 0) is 6.42 Å². The number of rotatable bonds is 3. The standard InChI is InChI=1S/C20H22N2O3/c23-20(17-5-6-18-19(12-17)25-10-9-24-18)22-8-2-4-16(14-22)11-15-3-1-7-21-13-15/h1,3,5-7,12-13,16H,2,4,8-11,14H2/t16-/m1/s1. The third-order valence-corrected chi connectivity index (χ3v) is 4.84. The summed E-state index contributed by atoms with van der Waals surface area (Å²) in [4.78, 5) is 19.1. The number of amides is 1. The van der Waals surface area contributed by atoms with Crippen LogP contribution in [0.1, 0.15) is 28.8 Å². The van der Waals surface area contributed by atoms with Gasteiger partial charge in [-0.1, -0.05) is 6.07 Å². The van der Waals surface area contributed by atoms with Gasteiger partial charge < -0.3 is 14.4 Å². The van der Waals surface area contributed by atoms with Crippen molar-refractivity contribution in [2.24, 2.45) is 5.92 Å². The number of fused-ring (bicyclic) bond motifs is 1. The zero-order valence-electron chi connectivity index (χ0n) is 14.2. The summed E-state index contributed by atoms with van der Waals surface area (Å²) in [5, 5.41) is 0. The Bertz CT molecular complexity index is 748. The number of nitrogens with zero attached hydrogens (tertiary/aromatic N) is 2. The van der Waals surface area contributed by atoms with Crippen molar-refractivity contribution in [3.05, 3.63) is 53.9 Å². The van der Waals surface area contributed by atoms with Crippen LogP contribution in [0, 0.1) is 5.92 Å². The minimum Gasteiger partial charge on any atom is -0.486 e. The largest absolute Gasteiger partial charge is 0.486 e. The first-order valence-corrected chi connectivity index (χ1v) is 8.87. The number of carbonyl (C=O) groups excluding carboxylic acids is 1. The van der Waals surface area contributed by atoms with Gasteiger partial charge in [-0.25, -0.2) is 0 Å². The second-order valence-electron chi connectivity index (χ2n) is 6.68. The number of likely N-dealkylation sites (tertiary alicyclic amines) is 1. The monoisotopic (exact) mass is 338 g/mol. The quantitative estimate of drug-likeness (QED) is 0.863. The molecule has 0 bridgehead atoms. The Morgan fingerprint density at radius 1 is 1.20 bits per heavy atom. The minimum absolute atomic E-state index is 0.0767. The number of hydrogen-bond acceptors (Lipinski definition) is 4. The summed E-state index contributed by atoms with van der Waals surface area (Å²) in [6.45, 7) is 2.70. The Kier molecular flexibility index (Phi) is 4.55. The fourth-order valence-electron chi connectivity index (χ4n) is 3.63. The van der Waals surface area contributed by atoms with Crippen molar-refractivity contribution in [1.82, 2.24) is 9.88 Å². The third kappa shape index (κ3) is 3.60. The molecule has 5 heteroatoms. The molecule has 0 saturated carbocycles. The molecule has 0 spiro atoms. The maximum atomic E-state index is 12.9. The molecule has 1 aromatic heterocycles. The molecular formula is C20H22N2O3. The van der Waals surface area contributed by atoms with Gasteiger partial charge in [0.15, 0.2) is 11.5 Å². The van der Waals surface area contributed by atoms with E-state index in [1.54, 1.807) is 6.20 Å². The summed E-state index contributed by atoms with van der Waals surface area (Å²) in [5.74, 6) is 1.95. The van der Waals surface area contributed by atoms with Crippen molar-refractivity contribution in [2.75, 3.05) is 26.3 Å². The van der Waals surface area contributed by atoms with E-state index in [0.717, 1.165) is 38.1 Å². The molecule has 1 saturated heterocycles. The zero-order chi connectivity index (χ0) is 17.1. The Balaban J connectivity index is 1.44. The van der Waals surface area contributed by atoms with Gasteiger partial charge in [0.25, 0.3) is 5.91 Å². The van der Waals surface area contributed by atoms with Crippen LogP contribution in [0.3, 0.4) is 0 Å². The minimum atomic E-state index is 0.0767. The normalized spacial score (nSPS) is 19.5. The summed E-state index contributed by atoms with van der Waals surface area (Å²) in [7, 11) is 0. The molecule has 4 rings (SSSR count). The molecule has 25 heavy (non-hydrogen) atoms. The molecule has 5 nitrogen and oxygen atoms in total. The van der Waals surface area contributed by atoms with Crippen LogP contribution in [-0.4, -0.2) is 42.1 Å². The lowest BCUT2D eigenvalue weighted by atomic mass is 9.91. The van der Waals surface area contributed by atoms with E-state index in [1.807, 2.05) is 35.4 Å². The number of carbonyl (C=O) groups is 1. The molecule has 3 heterocycles. The molecule has 1 aromatic carbocycles. The van der Waals surface area contributed by atoms with E-state index in [1.165, 1.54) is 5.56 Å². The number of hydrogen-bond donors (Lipinski definition) is 0. The number of benzene rings is 1. The predicted molar refractivity (Wildman–Crippen MR) is 94.0 cm³/mol. The molecule has 2 aromatic rings. The molecule has 0 radical (unpaired) electrons. The van der Waals surface area contributed by atoms with E-state index in [4.69, 9.17) is 9.47 Å². The molecule has 2 aliphatic heterocycles. The average Bonchev–Trinajstić information content (AvgIpc) is 2.68. The van der Waals surface area contributed by atoms with Gasteiger partial charge in [-0.2, -0.15) is 0 Å². The lowest BCUT2D eigenvalue weighted by Gasteiger charge is -2.33. The van der Waals surface area contributed by atoms with Gasteiger partial charge in [0.2, 0.25) is 0 Å². The van der Waals surface area contributed by atoms with Gasteiger partial charge in [-0.05, 0) is 55.0 Å². The Morgan fingerprint density at radius 2 is 2.08 bits per heavy atom. The Hall–Kier alpha value is -2.56. The lowest BCUT2D eigenvalue weighted by Crippen LogP contribution is -2.40. The molecule has 1 amide bonds. The highest BCUT2D eigenvalue weighted by Crippen LogP contribution is 2.31. The van der Waals surface area contributed by atoms with Gasteiger partial charge >= 0.3 is 0 Å². The van der Waals surface area contributed by atoms with Crippen LogP contribution in [0.5, 0.6) is 11.5 Å². The Morgan fingerprint density at radius 3 is 2.92 bits per heavy atom. The van der Waals surface area contributed by atoms with Crippen LogP contribution < -0.4 is 9.47 Å². The van der Waals surface area contributed by atoms with Crippen LogP contribution in [0.2, 0.25) is 0 Å². The first-order chi connectivity index (χ1) is 12.3. The topological polar surface area (TPSA) is 51.7 Å². The van der Waals surface area contributed by atoms with E-state index in [0.29, 0.717) is 30.4 Å². The van der Waals surface area contributed by atoms with Crippen LogP contribution in [0.25, 0.3) is 0 Å². The molecule has 130 valence electrons. The summed E-state index contributed by atoms with van der Waals surface area (Å²) < 4.78 is 11.1. The van der Waals surface area contributed by atoms with Gasteiger partial charge in [-0.15, -0.1) is 0 Å². The lowest BCUT2D eigenvalue weighted by molar-refractivity contribution is 0.0672. The van der Waals surface area contributed by atoms with Crippen LogP contribution in [0.15, 0.2) is 42.7 Å². The number of piperidine rings is 1. The van der Waals surface area contributed by atoms with E-state index in [9.17, 15) is 4.79 Å². The van der Waals surface area contributed by atoms with Crippen molar-refractivity contribution in [2.45, 2.75) is 19.3 Å². The maximum Gasteiger partial charge on any atom is 0.254 e. The first kappa shape index (κ1) is 15.9. The van der Waals surface area contributed by atoms with Crippen molar-refractivity contribution in [3.8, 4) is 11.5 Å². The number of pyridine rings is 1. The molecule has 2 aliphatic rings. The van der Waals surface area contributed by atoms with Gasteiger partial charge in [-0.3, -0.25) is 9.78 Å². The maximum absolute atomic E-state index is 12.9. The Labute approximate surface area is 147 Å². The third-order valence-electron chi connectivity index (χ3n) is 4.84. The van der Waals surface area contributed by atoms with Crippen molar-refractivity contribution < 1.29 is 14.3 Å². The first-order valence-electron chi connectivity index (χ1n) is 8.87. The number of ether oxygens (including phenoxy) is 2. The van der Waals surface area contributed by atoms with Gasteiger partial charge in [0.05, 0.1) is 0 Å². The second kappa shape index (κ2) is 7.13. The average molecular weight is 338 g/mol. The van der Waals surface area contributed by atoms with Crippen molar-refractivity contribution in [1.29, 1.82) is 0 Å². The fraction of sp³-hybridized carbons (Fsp3) is 0.400. The summed E-state index contributed by atoms with van der Waals surface area (Å²) in [6.07, 6.45) is 6.88. The number of aromatic nitrogens is 1. The van der Waals surface area contributed by atoms with Crippen LogP contribution in [0.4, 0.5) is 0 Å². The second-order valence-corrected chi connectivity index (χ2v) is 6.68. The predicted octanol–water partition coefficient (Wildman–Crippen LogP) is 2.95. The van der Waals surface area contributed by atoms with E-state index >= 15 is 0 Å². The van der Waals surface area contributed by atoms with Crippen molar-refractivity contribution in [3.63, 3.8) is 0 Å². The van der Waals surface area contributed by atoms with E-state index in [-0.39, 0.29) is 5.91 Å². The molecule has 0 aliphatic carbocycles. The van der Waals surface area contributed by atoms with Gasteiger partial charge in [0.1, 0.15) is 13.2 Å². The summed E-state index contributed by atoms with van der Waals surface area (Å²) in [5.41, 5.74) is 1.91. The van der Waals surface area contributed by atoms with E-state index in [2.05, 4.69) is 11.1 Å². The zero-order valence-corrected chi connectivity index (χ0v) is 14.2. The highest BCUT2D eigenvalue weighted by atomic mass is 16.6. The molecule has 1 atom stereocenters. The SMILES string of the molecule is O=C(c1ccc2c(c1)OCCO2)N1CCC[C@H](Cc2cccnc2)C1. The van der Waals surface area contributed by atoms with Crippen molar-refractivity contribution >= 4 is 5.91 Å². The molecule has 1 fully saturated rings. The summed E-state index contributed by atoms with van der Waals surface area (Å²) >= 11 is 0. The molecule has 0 N–H and O–H groups in total. The highest BCUT2D eigenvalue weighted by molar-refractivity contribution is 5.95.